The second-order valence-electron chi connectivity index (χ2n) is 5.21. The monoisotopic (exact) mass is 347 g/mol. The predicted octanol–water partition coefficient (Wildman–Crippen LogP) is 1.65. The van der Waals surface area contributed by atoms with E-state index in [-0.39, 0.29) is 12.1 Å². The van der Waals surface area contributed by atoms with E-state index >= 15 is 0 Å². The molecule has 0 saturated carbocycles. The van der Waals surface area contributed by atoms with E-state index in [1.54, 1.807) is 12.4 Å². The number of aryl methyl sites for hydroxylation is 1. The van der Waals surface area contributed by atoms with Crippen molar-refractivity contribution in [2.24, 2.45) is 10.8 Å². The van der Waals surface area contributed by atoms with Gasteiger partial charge in [0.25, 0.3) is 5.91 Å². The number of thiazole rings is 1. The first-order valence-corrected chi connectivity index (χ1v) is 7.96. The maximum atomic E-state index is 13.1. The number of hydrazone groups is 1. The number of hydrogen-bond donors (Lipinski definition) is 2. The lowest BCUT2D eigenvalue weighted by molar-refractivity contribution is -0.119. The molecule has 124 valence electrons. The van der Waals surface area contributed by atoms with Gasteiger partial charge >= 0.3 is 0 Å². The lowest BCUT2D eigenvalue weighted by Gasteiger charge is -2.20. The van der Waals surface area contributed by atoms with Gasteiger partial charge in [-0.15, -0.1) is 11.3 Å². The molecule has 3 N–H and O–H groups in total. The zero-order valence-electron chi connectivity index (χ0n) is 12.7. The summed E-state index contributed by atoms with van der Waals surface area (Å²) in [7, 11) is 0. The van der Waals surface area contributed by atoms with Crippen LogP contribution in [0.15, 0.2) is 34.9 Å². The lowest BCUT2D eigenvalue weighted by Crippen LogP contribution is -2.39. The minimum Gasteiger partial charge on any atom is -0.368 e. The third kappa shape index (κ3) is 3.11. The fourth-order valence-corrected chi connectivity index (χ4v) is 2.99. The minimum atomic E-state index is -0.793. The molecule has 2 aromatic rings. The van der Waals surface area contributed by atoms with E-state index in [1.807, 2.05) is 0 Å². The summed E-state index contributed by atoms with van der Waals surface area (Å²) < 4.78 is 13.1. The number of amides is 2. The van der Waals surface area contributed by atoms with Gasteiger partial charge in [0.1, 0.15) is 22.6 Å². The van der Waals surface area contributed by atoms with Crippen molar-refractivity contribution in [3.8, 4) is 0 Å². The van der Waals surface area contributed by atoms with Gasteiger partial charge in [-0.3, -0.25) is 14.6 Å². The molecule has 24 heavy (non-hydrogen) atoms. The molecule has 3 rings (SSSR count). The number of benzene rings is 1. The Balaban J connectivity index is 1.85. The fourth-order valence-electron chi connectivity index (χ4n) is 2.30. The predicted molar refractivity (Wildman–Crippen MR) is 89.4 cm³/mol. The molecule has 1 atom stereocenters. The van der Waals surface area contributed by atoms with Gasteiger partial charge in [0, 0.05) is 6.42 Å². The standard InChI is InChI=1S/C15H14FN5O2S/c1-8-15(24-7-18-8)19-14(23)11-6-12(13(17)22)21(20-11)10-4-2-9(16)3-5-10/h2-5,7,12H,6H2,1H3,(H2,17,22)(H,19,23)/t12-/m0/s1. The van der Waals surface area contributed by atoms with Crippen molar-refractivity contribution in [2.75, 3.05) is 10.3 Å². The third-order valence-corrected chi connectivity index (χ3v) is 4.41. The Morgan fingerprint density at radius 2 is 2.08 bits per heavy atom. The van der Waals surface area contributed by atoms with Gasteiger partial charge in [0.05, 0.1) is 16.9 Å². The molecule has 0 bridgehead atoms. The summed E-state index contributed by atoms with van der Waals surface area (Å²) >= 11 is 1.30. The van der Waals surface area contributed by atoms with Gasteiger partial charge in [-0.25, -0.2) is 9.37 Å². The van der Waals surface area contributed by atoms with Crippen LogP contribution in [0.5, 0.6) is 0 Å². The molecule has 0 unspecified atom stereocenters. The molecule has 9 heteroatoms. The number of carbonyl (C=O) groups is 2. The van der Waals surface area contributed by atoms with Crippen LogP contribution in [0.2, 0.25) is 0 Å². The van der Waals surface area contributed by atoms with Crippen molar-refractivity contribution in [1.82, 2.24) is 4.98 Å². The molecule has 0 saturated heterocycles. The van der Waals surface area contributed by atoms with Gasteiger partial charge in [0.15, 0.2) is 0 Å². The lowest BCUT2D eigenvalue weighted by atomic mass is 10.1. The molecule has 1 aromatic heterocycles. The molecule has 0 radical (unpaired) electrons. The number of nitrogens with zero attached hydrogens (tertiary/aromatic N) is 3. The van der Waals surface area contributed by atoms with Crippen LogP contribution < -0.4 is 16.1 Å². The van der Waals surface area contributed by atoms with Crippen LogP contribution in [0.3, 0.4) is 0 Å². The van der Waals surface area contributed by atoms with Gasteiger partial charge in [-0.05, 0) is 31.2 Å². The molecular formula is C15H14FN5O2S. The quantitative estimate of drug-likeness (QED) is 0.878. The summed E-state index contributed by atoms with van der Waals surface area (Å²) in [5.41, 5.74) is 8.40. The molecule has 1 aliphatic rings. The highest BCUT2D eigenvalue weighted by molar-refractivity contribution is 7.14. The van der Waals surface area contributed by atoms with Crippen LogP contribution in [0.25, 0.3) is 0 Å². The highest BCUT2D eigenvalue weighted by atomic mass is 32.1. The molecule has 2 heterocycles. The van der Waals surface area contributed by atoms with Crippen molar-refractivity contribution in [1.29, 1.82) is 0 Å². The van der Waals surface area contributed by atoms with E-state index in [2.05, 4.69) is 15.4 Å². The first-order valence-electron chi connectivity index (χ1n) is 7.08. The smallest absolute Gasteiger partial charge is 0.272 e. The minimum absolute atomic E-state index is 0.0798. The molecular weight excluding hydrogens is 333 g/mol. The highest BCUT2D eigenvalue weighted by Gasteiger charge is 2.35. The molecule has 0 spiro atoms. The molecule has 0 aliphatic carbocycles. The highest BCUT2D eigenvalue weighted by Crippen LogP contribution is 2.26. The van der Waals surface area contributed by atoms with Crippen molar-refractivity contribution in [3.05, 3.63) is 41.3 Å². The Morgan fingerprint density at radius 1 is 1.38 bits per heavy atom. The zero-order chi connectivity index (χ0) is 17.3. The van der Waals surface area contributed by atoms with Crippen LogP contribution in [-0.2, 0) is 9.59 Å². The van der Waals surface area contributed by atoms with E-state index in [1.165, 1.54) is 40.6 Å². The van der Waals surface area contributed by atoms with Crippen molar-refractivity contribution in [3.63, 3.8) is 0 Å². The van der Waals surface area contributed by atoms with Crippen molar-refractivity contribution >= 4 is 39.6 Å². The van der Waals surface area contributed by atoms with Crippen LogP contribution in [0.1, 0.15) is 12.1 Å². The molecule has 0 fully saturated rings. The van der Waals surface area contributed by atoms with E-state index in [0.29, 0.717) is 16.4 Å². The first kappa shape index (κ1) is 16.1. The number of rotatable bonds is 4. The number of hydrogen-bond acceptors (Lipinski definition) is 6. The average molecular weight is 347 g/mol. The largest absolute Gasteiger partial charge is 0.368 e. The molecule has 2 amide bonds. The summed E-state index contributed by atoms with van der Waals surface area (Å²) in [4.78, 5) is 28.1. The summed E-state index contributed by atoms with van der Waals surface area (Å²) in [5.74, 6) is -1.44. The second kappa shape index (κ2) is 6.36. The van der Waals surface area contributed by atoms with E-state index in [0.717, 1.165) is 0 Å². The number of nitrogens with one attached hydrogen (secondary N) is 1. The number of aromatic nitrogens is 1. The Kier molecular flexibility index (Phi) is 4.26. The third-order valence-electron chi connectivity index (χ3n) is 3.56. The first-order chi connectivity index (χ1) is 11.5. The SMILES string of the molecule is Cc1ncsc1NC(=O)C1=NN(c2ccc(F)cc2)[C@H](C(N)=O)C1. The van der Waals surface area contributed by atoms with Gasteiger partial charge in [-0.2, -0.15) is 5.10 Å². The molecule has 1 aliphatic heterocycles. The normalized spacial score (nSPS) is 16.8. The van der Waals surface area contributed by atoms with E-state index in [9.17, 15) is 14.0 Å². The number of carbonyl (C=O) groups excluding carboxylic acids is 2. The van der Waals surface area contributed by atoms with Crippen LogP contribution in [0, 0.1) is 12.7 Å². The topological polar surface area (TPSA) is 101 Å². The van der Waals surface area contributed by atoms with Crippen LogP contribution in [0.4, 0.5) is 15.1 Å². The number of halogens is 1. The van der Waals surface area contributed by atoms with Gasteiger partial charge in [-0.1, -0.05) is 0 Å². The summed E-state index contributed by atoms with van der Waals surface area (Å²) in [6, 6.07) is 4.66. The zero-order valence-corrected chi connectivity index (χ0v) is 13.5. The maximum Gasteiger partial charge on any atom is 0.272 e. The number of anilines is 2. The summed E-state index contributed by atoms with van der Waals surface area (Å²) in [6.07, 6.45) is 0.0798. The summed E-state index contributed by atoms with van der Waals surface area (Å²) in [5, 5.41) is 8.89. The fraction of sp³-hybridized carbons (Fsp3) is 0.200. The Labute approximate surface area is 141 Å². The Bertz CT molecular complexity index is 818. The van der Waals surface area contributed by atoms with Gasteiger partial charge in [0.2, 0.25) is 5.91 Å². The average Bonchev–Trinajstić information content (AvgIpc) is 3.15. The Morgan fingerprint density at radius 3 is 2.67 bits per heavy atom. The van der Waals surface area contributed by atoms with Crippen molar-refractivity contribution < 1.29 is 14.0 Å². The maximum absolute atomic E-state index is 13.1. The summed E-state index contributed by atoms with van der Waals surface area (Å²) in [6.45, 7) is 1.78. The van der Waals surface area contributed by atoms with E-state index in [4.69, 9.17) is 5.73 Å². The Hall–Kier alpha value is -2.81. The van der Waals surface area contributed by atoms with Crippen LogP contribution in [-0.4, -0.2) is 28.6 Å². The molecule has 7 nitrogen and oxygen atoms in total. The van der Waals surface area contributed by atoms with Gasteiger partial charge < -0.3 is 11.1 Å². The number of nitrogens with two attached hydrogens (primary N) is 1. The number of primary amides is 1. The second-order valence-corrected chi connectivity index (χ2v) is 6.07. The molecule has 1 aromatic carbocycles. The van der Waals surface area contributed by atoms with Crippen molar-refractivity contribution in [2.45, 2.75) is 19.4 Å². The van der Waals surface area contributed by atoms with Crippen LogP contribution >= 0.6 is 11.3 Å². The van der Waals surface area contributed by atoms with E-state index < -0.39 is 23.7 Å².